The number of hydrogen-bond donors (Lipinski definition) is 0. The van der Waals surface area contributed by atoms with Crippen LogP contribution in [0.3, 0.4) is 0 Å². The van der Waals surface area contributed by atoms with Gasteiger partial charge in [-0.2, -0.15) is 0 Å². The largest absolute Gasteiger partial charge is 0.344 e. The lowest BCUT2D eigenvalue weighted by Crippen LogP contribution is -2.11. The molecular formula is C16H21N. The van der Waals surface area contributed by atoms with Crippen LogP contribution in [0.5, 0.6) is 0 Å². The normalized spacial score (nSPS) is 17.8. The van der Waals surface area contributed by atoms with Gasteiger partial charge in [-0.1, -0.05) is 30.9 Å². The minimum absolute atomic E-state index is 0.739. The zero-order valence-electron chi connectivity index (χ0n) is 10.9. The molecule has 0 spiro atoms. The van der Waals surface area contributed by atoms with E-state index < -0.39 is 0 Å². The molecule has 1 heterocycles. The topological polar surface area (TPSA) is 4.93 Å². The molecule has 1 aliphatic rings. The summed E-state index contributed by atoms with van der Waals surface area (Å²) in [4.78, 5) is 0. The summed E-state index contributed by atoms with van der Waals surface area (Å²) in [5.74, 6) is 0. The van der Waals surface area contributed by atoms with E-state index in [1.165, 1.54) is 54.1 Å². The molecule has 1 fully saturated rings. The Morgan fingerprint density at radius 1 is 1.06 bits per heavy atom. The van der Waals surface area contributed by atoms with E-state index in [9.17, 15) is 0 Å². The van der Waals surface area contributed by atoms with Crippen molar-refractivity contribution in [2.24, 2.45) is 0 Å². The van der Waals surface area contributed by atoms with Crippen molar-refractivity contribution in [2.75, 3.05) is 0 Å². The summed E-state index contributed by atoms with van der Waals surface area (Å²) < 4.78 is 2.53. The third-order valence-electron chi connectivity index (χ3n) is 4.16. The monoisotopic (exact) mass is 227 g/mol. The fourth-order valence-corrected chi connectivity index (χ4v) is 3.20. The Balaban J connectivity index is 2.10. The van der Waals surface area contributed by atoms with Crippen molar-refractivity contribution >= 4 is 10.9 Å². The maximum atomic E-state index is 2.53. The molecule has 1 aliphatic carbocycles. The molecule has 1 aromatic heterocycles. The van der Waals surface area contributed by atoms with Gasteiger partial charge in [0, 0.05) is 23.1 Å². The Morgan fingerprint density at radius 3 is 2.59 bits per heavy atom. The number of rotatable bonds is 1. The number of benzene rings is 1. The minimum atomic E-state index is 0.739. The quantitative estimate of drug-likeness (QED) is 0.661. The van der Waals surface area contributed by atoms with Gasteiger partial charge in [-0.15, -0.1) is 0 Å². The van der Waals surface area contributed by atoms with Crippen molar-refractivity contribution in [3.05, 3.63) is 35.5 Å². The predicted octanol–water partition coefficient (Wildman–Crippen LogP) is 4.76. The second-order valence-electron chi connectivity index (χ2n) is 5.53. The molecule has 0 bridgehead atoms. The number of hydrogen-bond acceptors (Lipinski definition) is 0. The Kier molecular flexibility index (Phi) is 2.70. The van der Waals surface area contributed by atoms with Crippen LogP contribution in [0.4, 0.5) is 0 Å². The summed E-state index contributed by atoms with van der Waals surface area (Å²) in [5.41, 5.74) is 4.22. The standard InChI is InChI=1S/C16H21N/c1-12-8-9-16-15(10-12)13(2)11-17(16)14-6-4-3-5-7-14/h8-11,14H,3-7H2,1-2H3. The second-order valence-corrected chi connectivity index (χ2v) is 5.53. The number of fused-ring (bicyclic) bond motifs is 1. The molecule has 3 rings (SSSR count). The SMILES string of the molecule is Cc1ccc2c(c1)c(C)cn2C1CCCCC1. The molecule has 90 valence electrons. The van der Waals surface area contributed by atoms with Crippen LogP contribution in [0.1, 0.15) is 49.3 Å². The molecule has 0 atom stereocenters. The molecule has 1 nitrogen and oxygen atoms in total. The third-order valence-corrected chi connectivity index (χ3v) is 4.16. The fourth-order valence-electron chi connectivity index (χ4n) is 3.20. The third kappa shape index (κ3) is 1.88. The van der Waals surface area contributed by atoms with Gasteiger partial charge in [0.2, 0.25) is 0 Å². The van der Waals surface area contributed by atoms with E-state index in [0.717, 1.165) is 6.04 Å². The molecule has 1 aromatic carbocycles. The van der Waals surface area contributed by atoms with Crippen molar-refractivity contribution in [1.29, 1.82) is 0 Å². The Labute approximate surface area is 103 Å². The minimum Gasteiger partial charge on any atom is -0.344 e. The summed E-state index contributed by atoms with van der Waals surface area (Å²) in [6.45, 7) is 4.41. The molecular weight excluding hydrogens is 206 g/mol. The van der Waals surface area contributed by atoms with Crippen molar-refractivity contribution < 1.29 is 0 Å². The first kappa shape index (κ1) is 10.9. The molecule has 0 N–H and O–H groups in total. The highest BCUT2D eigenvalue weighted by Crippen LogP contribution is 2.33. The number of aryl methyl sites for hydroxylation is 2. The van der Waals surface area contributed by atoms with Gasteiger partial charge in [0.15, 0.2) is 0 Å². The second kappa shape index (κ2) is 4.21. The fraction of sp³-hybridized carbons (Fsp3) is 0.500. The zero-order chi connectivity index (χ0) is 11.8. The van der Waals surface area contributed by atoms with Crippen LogP contribution in [0, 0.1) is 13.8 Å². The van der Waals surface area contributed by atoms with E-state index in [2.05, 4.69) is 42.8 Å². The van der Waals surface area contributed by atoms with Crippen LogP contribution in [0.15, 0.2) is 24.4 Å². The predicted molar refractivity (Wildman–Crippen MR) is 73.5 cm³/mol. The zero-order valence-corrected chi connectivity index (χ0v) is 10.9. The van der Waals surface area contributed by atoms with E-state index in [1.807, 2.05) is 0 Å². The maximum absolute atomic E-state index is 2.53. The van der Waals surface area contributed by atoms with Crippen LogP contribution < -0.4 is 0 Å². The average molecular weight is 227 g/mol. The molecule has 1 heteroatoms. The summed E-state index contributed by atoms with van der Waals surface area (Å²) in [5, 5.41) is 1.44. The smallest absolute Gasteiger partial charge is 0.0485 e. The summed E-state index contributed by atoms with van der Waals surface area (Å²) in [7, 11) is 0. The van der Waals surface area contributed by atoms with Gasteiger partial charge >= 0.3 is 0 Å². The van der Waals surface area contributed by atoms with E-state index in [1.54, 1.807) is 0 Å². The molecule has 0 aliphatic heterocycles. The van der Waals surface area contributed by atoms with E-state index in [-0.39, 0.29) is 0 Å². The van der Waals surface area contributed by atoms with Gasteiger partial charge in [0.25, 0.3) is 0 Å². The Hall–Kier alpha value is -1.24. The molecule has 0 radical (unpaired) electrons. The van der Waals surface area contributed by atoms with E-state index in [0.29, 0.717) is 0 Å². The number of nitrogens with zero attached hydrogens (tertiary/aromatic N) is 1. The highest BCUT2D eigenvalue weighted by atomic mass is 15.0. The van der Waals surface area contributed by atoms with E-state index in [4.69, 9.17) is 0 Å². The maximum Gasteiger partial charge on any atom is 0.0485 e. The van der Waals surface area contributed by atoms with Gasteiger partial charge < -0.3 is 4.57 Å². The first-order valence-electron chi connectivity index (χ1n) is 6.83. The van der Waals surface area contributed by atoms with E-state index >= 15 is 0 Å². The molecule has 1 saturated carbocycles. The lowest BCUT2D eigenvalue weighted by Gasteiger charge is -2.24. The van der Waals surface area contributed by atoms with Crippen LogP contribution in [0.2, 0.25) is 0 Å². The van der Waals surface area contributed by atoms with Crippen molar-refractivity contribution in [2.45, 2.75) is 52.0 Å². The lowest BCUT2D eigenvalue weighted by molar-refractivity contribution is 0.360. The molecule has 0 saturated heterocycles. The lowest BCUT2D eigenvalue weighted by atomic mass is 9.95. The van der Waals surface area contributed by atoms with Crippen LogP contribution in [-0.4, -0.2) is 4.57 Å². The van der Waals surface area contributed by atoms with Crippen LogP contribution in [0.25, 0.3) is 10.9 Å². The molecule has 2 aromatic rings. The highest BCUT2D eigenvalue weighted by molar-refractivity contribution is 5.84. The summed E-state index contributed by atoms with van der Waals surface area (Å²) >= 11 is 0. The molecule has 0 amide bonds. The van der Waals surface area contributed by atoms with Crippen molar-refractivity contribution in [1.82, 2.24) is 4.57 Å². The van der Waals surface area contributed by atoms with Crippen LogP contribution in [-0.2, 0) is 0 Å². The van der Waals surface area contributed by atoms with Crippen LogP contribution >= 0.6 is 0 Å². The number of aromatic nitrogens is 1. The summed E-state index contributed by atoms with van der Waals surface area (Å²) in [6.07, 6.45) is 9.30. The Morgan fingerprint density at radius 2 is 1.82 bits per heavy atom. The average Bonchev–Trinajstić information content (AvgIpc) is 2.68. The van der Waals surface area contributed by atoms with Gasteiger partial charge in [0.1, 0.15) is 0 Å². The van der Waals surface area contributed by atoms with Gasteiger partial charge in [-0.05, 0) is 44.4 Å². The molecule has 0 unspecified atom stereocenters. The van der Waals surface area contributed by atoms with Gasteiger partial charge in [0.05, 0.1) is 0 Å². The first-order valence-corrected chi connectivity index (χ1v) is 6.83. The van der Waals surface area contributed by atoms with Crippen molar-refractivity contribution in [3.63, 3.8) is 0 Å². The highest BCUT2D eigenvalue weighted by Gasteiger charge is 2.17. The summed E-state index contributed by atoms with van der Waals surface area (Å²) in [6, 6.07) is 7.60. The van der Waals surface area contributed by atoms with Gasteiger partial charge in [-0.25, -0.2) is 0 Å². The Bertz CT molecular complexity index is 530. The molecule has 17 heavy (non-hydrogen) atoms. The van der Waals surface area contributed by atoms with Gasteiger partial charge in [-0.3, -0.25) is 0 Å². The first-order chi connectivity index (χ1) is 8.25. The van der Waals surface area contributed by atoms with Crippen molar-refractivity contribution in [3.8, 4) is 0 Å².